The SMILES string of the molecule is COc1ccc(C=C2SC(=S)NC2=O)cc1-c1ccc2nc(C)ccc2c1. The van der Waals surface area contributed by atoms with Crippen LogP contribution in [0.4, 0.5) is 0 Å². The summed E-state index contributed by atoms with van der Waals surface area (Å²) in [6.07, 6.45) is 1.84. The Labute approximate surface area is 166 Å². The van der Waals surface area contributed by atoms with Crippen molar-refractivity contribution in [1.82, 2.24) is 10.3 Å². The van der Waals surface area contributed by atoms with Crippen LogP contribution in [-0.4, -0.2) is 22.3 Å². The summed E-state index contributed by atoms with van der Waals surface area (Å²) in [6, 6.07) is 16.1. The van der Waals surface area contributed by atoms with Crippen molar-refractivity contribution in [2.24, 2.45) is 0 Å². The molecule has 1 amide bonds. The van der Waals surface area contributed by atoms with Gasteiger partial charge in [0.25, 0.3) is 5.91 Å². The molecule has 0 atom stereocenters. The van der Waals surface area contributed by atoms with Gasteiger partial charge in [0.1, 0.15) is 10.1 Å². The first-order valence-electron chi connectivity index (χ1n) is 8.34. The molecule has 0 saturated carbocycles. The molecular weight excluding hydrogens is 376 g/mol. The molecule has 2 heterocycles. The Morgan fingerprint density at radius 3 is 2.74 bits per heavy atom. The van der Waals surface area contributed by atoms with Gasteiger partial charge in [-0.15, -0.1) is 0 Å². The molecule has 1 aromatic heterocycles. The predicted molar refractivity (Wildman–Crippen MR) is 115 cm³/mol. The Kier molecular flexibility index (Phi) is 4.68. The van der Waals surface area contributed by atoms with Gasteiger partial charge in [0.05, 0.1) is 17.5 Å². The second kappa shape index (κ2) is 7.13. The van der Waals surface area contributed by atoms with Crippen molar-refractivity contribution >= 4 is 51.2 Å². The van der Waals surface area contributed by atoms with E-state index in [1.807, 2.05) is 49.4 Å². The van der Waals surface area contributed by atoms with Gasteiger partial charge < -0.3 is 10.1 Å². The maximum Gasteiger partial charge on any atom is 0.263 e. The molecule has 1 N–H and O–H groups in total. The number of fused-ring (bicyclic) bond motifs is 1. The molecule has 0 aliphatic carbocycles. The lowest BCUT2D eigenvalue weighted by atomic mass is 9.99. The summed E-state index contributed by atoms with van der Waals surface area (Å²) >= 11 is 6.33. The highest BCUT2D eigenvalue weighted by Gasteiger charge is 2.22. The van der Waals surface area contributed by atoms with E-state index in [1.54, 1.807) is 7.11 Å². The summed E-state index contributed by atoms with van der Waals surface area (Å²) in [7, 11) is 1.65. The maximum absolute atomic E-state index is 11.9. The lowest BCUT2D eigenvalue weighted by Gasteiger charge is -2.11. The van der Waals surface area contributed by atoms with Gasteiger partial charge in [-0.1, -0.05) is 42.2 Å². The Hall–Kier alpha value is -2.70. The summed E-state index contributed by atoms with van der Waals surface area (Å²) in [5.41, 5.74) is 4.86. The second-order valence-corrected chi connectivity index (χ2v) is 7.89. The number of aryl methyl sites for hydroxylation is 1. The van der Waals surface area contributed by atoms with E-state index in [0.29, 0.717) is 9.23 Å². The average Bonchev–Trinajstić information content (AvgIpc) is 2.98. The first kappa shape index (κ1) is 17.7. The van der Waals surface area contributed by atoms with Gasteiger partial charge in [-0.05, 0) is 54.5 Å². The molecule has 0 spiro atoms. The van der Waals surface area contributed by atoms with E-state index < -0.39 is 0 Å². The number of methoxy groups -OCH3 is 1. The number of pyridine rings is 1. The number of nitrogens with one attached hydrogen (secondary N) is 1. The zero-order valence-corrected chi connectivity index (χ0v) is 16.4. The van der Waals surface area contributed by atoms with Gasteiger partial charge in [0.2, 0.25) is 0 Å². The summed E-state index contributed by atoms with van der Waals surface area (Å²) in [6.45, 7) is 1.98. The van der Waals surface area contributed by atoms with Crippen LogP contribution in [0.5, 0.6) is 5.75 Å². The van der Waals surface area contributed by atoms with E-state index in [-0.39, 0.29) is 5.91 Å². The first-order valence-corrected chi connectivity index (χ1v) is 9.56. The molecule has 27 heavy (non-hydrogen) atoms. The van der Waals surface area contributed by atoms with E-state index in [0.717, 1.165) is 39.0 Å². The summed E-state index contributed by atoms with van der Waals surface area (Å²) in [5, 5.41) is 3.71. The van der Waals surface area contributed by atoms with Crippen molar-refractivity contribution in [3.63, 3.8) is 0 Å². The number of hydrogen-bond donors (Lipinski definition) is 1. The average molecular weight is 393 g/mol. The minimum absolute atomic E-state index is 0.158. The summed E-state index contributed by atoms with van der Waals surface area (Å²) < 4.78 is 6.04. The van der Waals surface area contributed by atoms with Crippen LogP contribution in [0.3, 0.4) is 0 Å². The number of amides is 1. The topological polar surface area (TPSA) is 51.2 Å². The van der Waals surface area contributed by atoms with Crippen LogP contribution in [0, 0.1) is 6.92 Å². The zero-order valence-electron chi connectivity index (χ0n) is 14.8. The fraction of sp³-hybridized carbons (Fsp3) is 0.0952. The molecule has 6 heteroatoms. The molecule has 4 nitrogen and oxygen atoms in total. The number of carbonyl (C=O) groups excluding carboxylic acids is 1. The zero-order chi connectivity index (χ0) is 19.0. The third kappa shape index (κ3) is 3.59. The number of benzene rings is 2. The van der Waals surface area contributed by atoms with E-state index in [4.69, 9.17) is 17.0 Å². The third-order valence-corrected chi connectivity index (χ3v) is 5.47. The van der Waals surface area contributed by atoms with E-state index >= 15 is 0 Å². The highest BCUT2D eigenvalue weighted by atomic mass is 32.2. The van der Waals surface area contributed by atoms with Gasteiger partial charge in [-0.2, -0.15) is 0 Å². The number of aromatic nitrogens is 1. The monoisotopic (exact) mass is 392 g/mol. The molecule has 0 radical (unpaired) electrons. The largest absolute Gasteiger partial charge is 0.496 e. The lowest BCUT2D eigenvalue weighted by Crippen LogP contribution is -2.17. The third-order valence-electron chi connectivity index (χ3n) is 4.30. The number of thiocarbonyl (C=S) groups is 1. The number of hydrogen-bond acceptors (Lipinski definition) is 5. The van der Waals surface area contributed by atoms with Crippen molar-refractivity contribution in [3.8, 4) is 16.9 Å². The van der Waals surface area contributed by atoms with Crippen molar-refractivity contribution in [2.45, 2.75) is 6.92 Å². The summed E-state index contributed by atoms with van der Waals surface area (Å²) in [4.78, 5) is 17.1. The molecule has 1 aliphatic rings. The predicted octanol–water partition coefficient (Wildman–Crippen LogP) is 4.71. The van der Waals surface area contributed by atoms with Crippen molar-refractivity contribution in [2.75, 3.05) is 7.11 Å². The first-order chi connectivity index (χ1) is 13.0. The highest BCUT2D eigenvalue weighted by Crippen LogP contribution is 2.34. The van der Waals surface area contributed by atoms with Crippen LogP contribution in [0.2, 0.25) is 0 Å². The fourth-order valence-corrected chi connectivity index (χ4v) is 4.05. The van der Waals surface area contributed by atoms with E-state index in [2.05, 4.69) is 22.4 Å². The second-order valence-electron chi connectivity index (χ2n) is 6.17. The normalized spacial score (nSPS) is 15.4. The molecule has 3 aromatic rings. The molecule has 1 fully saturated rings. The van der Waals surface area contributed by atoms with Crippen LogP contribution in [-0.2, 0) is 4.79 Å². The molecular formula is C21H16N2O2S2. The molecule has 1 aliphatic heterocycles. The summed E-state index contributed by atoms with van der Waals surface area (Å²) in [5.74, 6) is 0.616. The highest BCUT2D eigenvalue weighted by molar-refractivity contribution is 8.26. The number of ether oxygens (including phenoxy) is 1. The number of thioether (sulfide) groups is 1. The number of nitrogens with zero attached hydrogens (tertiary/aromatic N) is 1. The van der Waals surface area contributed by atoms with E-state index in [9.17, 15) is 4.79 Å². The van der Waals surface area contributed by atoms with Gasteiger partial charge in [0.15, 0.2) is 0 Å². The van der Waals surface area contributed by atoms with Crippen LogP contribution in [0.1, 0.15) is 11.3 Å². The van der Waals surface area contributed by atoms with Gasteiger partial charge in [-0.3, -0.25) is 9.78 Å². The molecule has 134 valence electrons. The number of rotatable bonds is 3. The lowest BCUT2D eigenvalue weighted by molar-refractivity contribution is -0.115. The van der Waals surface area contributed by atoms with Crippen LogP contribution < -0.4 is 10.1 Å². The van der Waals surface area contributed by atoms with Crippen LogP contribution >= 0.6 is 24.0 Å². The minimum Gasteiger partial charge on any atom is -0.496 e. The molecule has 2 aromatic carbocycles. The van der Waals surface area contributed by atoms with E-state index in [1.165, 1.54) is 11.8 Å². The maximum atomic E-state index is 11.9. The Morgan fingerprint density at radius 1 is 1.15 bits per heavy atom. The molecule has 0 bridgehead atoms. The van der Waals surface area contributed by atoms with Gasteiger partial charge in [0, 0.05) is 16.6 Å². The molecule has 4 rings (SSSR count). The van der Waals surface area contributed by atoms with Crippen molar-refractivity contribution in [3.05, 3.63) is 64.7 Å². The standard InChI is InChI=1S/C21H16N2O2S2/c1-12-3-5-15-11-14(6-7-17(15)22-12)16-9-13(4-8-18(16)25-2)10-19-20(24)23-21(26)27-19/h3-11H,1-2H3,(H,23,24,26). The Balaban J connectivity index is 1.80. The molecule has 0 unspecified atom stereocenters. The van der Waals surface area contributed by atoms with Crippen LogP contribution in [0.25, 0.3) is 28.1 Å². The molecule has 1 saturated heterocycles. The smallest absolute Gasteiger partial charge is 0.263 e. The van der Waals surface area contributed by atoms with Crippen molar-refractivity contribution < 1.29 is 9.53 Å². The Bertz CT molecular complexity index is 1120. The van der Waals surface area contributed by atoms with Gasteiger partial charge in [-0.25, -0.2) is 0 Å². The van der Waals surface area contributed by atoms with Gasteiger partial charge >= 0.3 is 0 Å². The van der Waals surface area contributed by atoms with Crippen molar-refractivity contribution in [1.29, 1.82) is 0 Å². The Morgan fingerprint density at radius 2 is 2.00 bits per heavy atom. The quantitative estimate of drug-likeness (QED) is 0.517. The number of carbonyl (C=O) groups is 1. The van der Waals surface area contributed by atoms with Crippen LogP contribution in [0.15, 0.2) is 53.4 Å². The fourth-order valence-electron chi connectivity index (χ4n) is 3.01. The minimum atomic E-state index is -0.158.